The third-order valence-corrected chi connectivity index (χ3v) is 6.68. The van der Waals surface area contributed by atoms with Gasteiger partial charge >= 0.3 is 0 Å². The Bertz CT molecular complexity index is 1850. The van der Waals surface area contributed by atoms with E-state index < -0.39 is 5.82 Å². The molecule has 0 bridgehead atoms. The van der Waals surface area contributed by atoms with E-state index >= 15 is 0 Å². The molecule has 1 amide bonds. The fraction of sp³-hybridized carbons (Fsp3) is 0.107. The second-order valence-electron chi connectivity index (χ2n) is 9.42. The quantitative estimate of drug-likeness (QED) is 0.247. The van der Waals surface area contributed by atoms with Gasteiger partial charge in [0.1, 0.15) is 22.9 Å². The number of nitrogens with zero attached hydrogens (tertiary/aromatic N) is 4. The lowest BCUT2D eigenvalue weighted by Crippen LogP contribution is -2.13. The number of nitrogens with one attached hydrogen (secondary N) is 3. The number of carbonyl (C=O) groups is 1. The Labute approximate surface area is 214 Å². The lowest BCUT2D eigenvalue weighted by molar-refractivity contribution is -0.117. The van der Waals surface area contributed by atoms with E-state index in [2.05, 4.69) is 35.5 Å². The normalized spacial score (nSPS) is 13.3. The molecule has 0 unspecified atom stereocenters. The zero-order chi connectivity index (χ0) is 25.8. The summed E-state index contributed by atoms with van der Waals surface area (Å²) in [5.41, 5.74) is 6.10. The van der Waals surface area contributed by atoms with Crippen molar-refractivity contribution in [3.8, 4) is 39.4 Å². The van der Waals surface area contributed by atoms with Crippen molar-refractivity contribution in [3.63, 3.8) is 0 Å². The van der Waals surface area contributed by atoms with Crippen LogP contribution in [0.4, 0.5) is 10.1 Å². The third-order valence-electron chi connectivity index (χ3n) is 6.68. The van der Waals surface area contributed by atoms with Gasteiger partial charge in [0.25, 0.3) is 0 Å². The minimum absolute atomic E-state index is 0.0230. The minimum atomic E-state index is -0.525. The summed E-state index contributed by atoms with van der Waals surface area (Å²) in [7, 11) is 0. The Hall–Kier alpha value is -5.12. The van der Waals surface area contributed by atoms with Crippen LogP contribution in [-0.2, 0) is 4.79 Å². The van der Waals surface area contributed by atoms with Gasteiger partial charge in [-0.1, -0.05) is 0 Å². The van der Waals surface area contributed by atoms with Gasteiger partial charge in [0, 0.05) is 52.5 Å². The van der Waals surface area contributed by atoms with Crippen LogP contribution in [0.2, 0.25) is 0 Å². The maximum absolute atomic E-state index is 14.0. The largest absolute Gasteiger partial charge is 0.508 e. The van der Waals surface area contributed by atoms with Crippen LogP contribution in [0, 0.1) is 11.7 Å². The highest BCUT2D eigenvalue weighted by Gasteiger charge is 2.29. The highest BCUT2D eigenvalue weighted by Crippen LogP contribution is 2.35. The molecular formula is C28H20FN7O2. The number of amides is 1. The first-order chi connectivity index (χ1) is 18.5. The molecule has 0 saturated heterocycles. The van der Waals surface area contributed by atoms with Gasteiger partial charge in [0.05, 0.1) is 17.6 Å². The number of anilines is 1. The number of fused-ring (bicyclic) bond motifs is 2. The van der Waals surface area contributed by atoms with Crippen LogP contribution in [0.25, 0.3) is 55.7 Å². The number of halogens is 1. The Balaban J connectivity index is 1.29. The molecule has 0 radical (unpaired) electrons. The summed E-state index contributed by atoms with van der Waals surface area (Å²) < 4.78 is 14.0. The second-order valence-corrected chi connectivity index (χ2v) is 9.42. The molecule has 1 aliphatic carbocycles. The molecule has 1 aliphatic rings. The molecule has 0 atom stereocenters. The molecule has 5 heterocycles. The van der Waals surface area contributed by atoms with E-state index in [9.17, 15) is 14.3 Å². The van der Waals surface area contributed by atoms with Crippen molar-refractivity contribution in [2.75, 3.05) is 5.32 Å². The summed E-state index contributed by atoms with van der Waals surface area (Å²) in [6.07, 6.45) is 8.57. The number of phenols is 1. The predicted octanol–water partition coefficient (Wildman–Crippen LogP) is 5.42. The summed E-state index contributed by atoms with van der Waals surface area (Å²) in [6, 6.07) is 11.5. The Morgan fingerprint density at radius 1 is 0.947 bits per heavy atom. The molecule has 10 heteroatoms. The number of H-pyrrole nitrogens is 2. The van der Waals surface area contributed by atoms with Crippen molar-refractivity contribution in [1.82, 2.24) is 30.1 Å². The molecule has 38 heavy (non-hydrogen) atoms. The highest BCUT2D eigenvalue weighted by molar-refractivity contribution is 6.00. The van der Waals surface area contributed by atoms with Gasteiger partial charge in [0.2, 0.25) is 5.91 Å². The van der Waals surface area contributed by atoms with Crippen LogP contribution in [0.1, 0.15) is 12.8 Å². The third kappa shape index (κ3) is 3.92. The van der Waals surface area contributed by atoms with E-state index in [0.29, 0.717) is 33.9 Å². The molecule has 5 aromatic heterocycles. The Morgan fingerprint density at radius 3 is 2.66 bits per heavy atom. The molecule has 0 aliphatic heterocycles. The van der Waals surface area contributed by atoms with Crippen LogP contribution in [0.5, 0.6) is 5.75 Å². The van der Waals surface area contributed by atoms with Crippen molar-refractivity contribution < 1.29 is 14.3 Å². The molecule has 186 valence electrons. The van der Waals surface area contributed by atoms with E-state index in [1.807, 2.05) is 18.2 Å². The maximum atomic E-state index is 14.0. The Kier molecular flexibility index (Phi) is 4.93. The van der Waals surface area contributed by atoms with Crippen LogP contribution >= 0.6 is 0 Å². The zero-order valence-electron chi connectivity index (χ0n) is 19.9. The van der Waals surface area contributed by atoms with Crippen molar-refractivity contribution in [2.45, 2.75) is 12.8 Å². The van der Waals surface area contributed by atoms with Crippen LogP contribution in [-0.4, -0.2) is 41.1 Å². The van der Waals surface area contributed by atoms with Crippen LogP contribution in [0.3, 0.4) is 0 Å². The summed E-state index contributed by atoms with van der Waals surface area (Å²) >= 11 is 0. The van der Waals surface area contributed by atoms with Gasteiger partial charge < -0.3 is 15.4 Å². The van der Waals surface area contributed by atoms with Crippen LogP contribution in [0.15, 0.2) is 67.3 Å². The summed E-state index contributed by atoms with van der Waals surface area (Å²) in [5, 5.41) is 21.8. The van der Waals surface area contributed by atoms with Gasteiger partial charge in [-0.25, -0.2) is 14.4 Å². The van der Waals surface area contributed by atoms with E-state index in [0.717, 1.165) is 46.4 Å². The fourth-order valence-electron chi connectivity index (χ4n) is 4.66. The number of benzene rings is 1. The molecule has 0 spiro atoms. The first kappa shape index (κ1) is 22.1. The minimum Gasteiger partial charge on any atom is -0.508 e. The van der Waals surface area contributed by atoms with Crippen LogP contribution < -0.4 is 5.32 Å². The number of phenolic OH excluding ortho intramolecular Hbond substituents is 1. The van der Waals surface area contributed by atoms with Crippen molar-refractivity contribution in [2.24, 2.45) is 5.92 Å². The van der Waals surface area contributed by atoms with E-state index in [1.54, 1.807) is 30.9 Å². The van der Waals surface area contributed by atoms with Gasteiger partial charge in [-0.15, -0.1) is 0 Å². The summed E-state index contributed by atoms with van der Waals surface area (Å²) in [5.74, 6) is -0.551. The van der Waals surface area contributed by atoms with Gasteiger partial charge in [-0.05, 0) is 60.4 Å². The first-order valence-corrected chi connectivity index (χ1v) is 12.1. The van der Waals surface area contributed by atoms with E-state index in [1.165, 1.54) is 12.1 Å². The SMILES string of the molecule is O=C(Nc1cncc(-c2cnc3[nH]nc(-c4cc5c(-c6cc(O)cc(F)c6)ccnc5[nH]4)c3c2)c1)C1CC1. The number of carbonyl (C=O) groups excluding carboxylic acids is 1. The fourth-order valence-corrected chi connectivity index (χ4v) is 4.66. The predicted molar refractivity (Wildman–Crippen MR) is 141 cm³/mol. The number of aromatic hydroxyl groups is 1. The lowest BCUT2D eigenvalue weighted by Gasteiger charge is -2.07. The molecule has 4 N–H and O–H groups in total. The topological polar surface area (TPSA) is 132 Å². The molecule has 1 saturated carbocycles. The average Bonchev–Trinajstić information content (AvgIpc) is 3.54. The summed E-state index contributed by atoms with van der Waals surface area (Å²) in [6.45, 7) is 0. The lowest BCUT2D eigenvalue weighted by atomic mass is 10.0. The molecule has 1 aromatic carbocycles. The van der Waals surface area contributed by atoms with E-state index in [4.69, 9.17) is 0 Å². The second kappa shape index (κ2) is 8.48. The number of hydrogen-bond donors (Lipinski definition) is 4. The molecule has 9 nitrogen and oxygen atoms in total. The van der Waals surface area contributed by atoms with Crippen molar-refractivity contribution >= 4 is 33.7 Å². The molecule has 6 aromatic rings. The Morgan fingerprint density at radius 2 is 1.82 bits per heavy atom. The van der Waals surface area contributed by atoms with Gasteiger partial charge in [-0.2, -0.15) is 5.10 Å². The number of aromatic amines is 2. The number of pyridine rings is 3. The molecule has 1 fully saturated rings. The number of hydrogen-bond acceptors (Lipinski definition) is 6. The zero-order valence-corrected chi connectivity index (χ0v) is 19.9. The first-order valence-electron chi connectivity index (χ1n) is 12.1. The van der Waals surface area contributed by atoms with Gasteiger partial charge in [-0.3, -0.25) is 14.9 Å². The number of rotatable bonds is 5. The standard InChI is InChI=1S/C28H20FN7O2/c29-18-5-15(7-20(37)9-18)21-3-4-31-26-22(21)10-24(34-26)25-23-8-17(12-32-27(23)36-35-25)16-6-19(13-30-11-16)33-28(38)14-1-2-14/h3-14,37H,1-2H2,(H,31,34)(H,33,38)(H,32,35,36). The summed E-state index contributed by atoms with van der Waals surface area (Å²) in [4.78, 5) is 28.7. The maximum Gasteiger partial charge on any atom is 0.227 e. The molecule has 7 rings (SSSR count). The average molecular weight is 506 g/mol. The number of aromatic nitrogens is 6. The van der Waals surface area contributed by atoms with Crippen molar-refractivity contribution in [1.29, 1.82) is 0 Å². The smallest absolute Gasteiger partial charge is 0.227 e. The van der Waals surface area contributed by atoms with Crippen molar-refractivity contribution in [3.05, 3.63) is 73.1 Å². The van der Waals surface area contributed by atoms with Gasteiger partial charge in [0.15, 0.2) is 5.65 Å². The monoisotopic (exact) mass is 505 g/mol. The molecular weight excluding hydrogens is 485 g/mol. The highest BCUT2D eigenvalue weighted by atomic mass is 19.1. The van der Waals surface area contributed by atoms with E-state index in [-0.39, 0.29) is 17.6 Å².